The zero-order valence-electron chi connectivity index (χ0n) is 5.93. The average Bonchev–Trinajstić information content (AvgIpc) is 2.20. The number of carbonyl (C=O) groups excluding carboxylic acids is 5. The molecule has 0 saturated heterocycles. The maximum absolute atomic E-state index is 8.00. The third kappa shape index (κ3) is 430. The van der Waals surface area contributed by atoms with Crippen molar-refractivity contribution in [3.8, 4) is 0 Å². The molecule has 0 aliphatic heterocycles. The summed E-state index contributed by atoms with van der Waals surface area (Å²) in [5, 5.41) is 0. The third-order valence-corrected chi connectivity index (χ3v) is 0. The van der Waals surface area contributed by atoms with Crippen molar-refractivity contribution < 1.29 is 41.0 Å². The summed E-state index contributed by atoms with van der Waals surface area (Å²) in [7, 11) is 0. The molecule has 0 fully saturated rings. The first-order valence-corrected chi connectivity index (χ1v) is 1.44. The van der Waals surface area contributed by atoms with Crippen LogP contribution in [0.5, 0.6) is 0 Å². The number of carbonyl (C=O) groups is 5. The van der Waals surface area contributed by atoms with E-state index in [1.54, 1.807) is 0 Å². The maximum Gasteiger partial charge on any atom is 0.106 e. The second-order valence-corrected chi connectivity index (χ2v) is 0. The molecule has 12 heavy (non-hydrogen) atoms. The zero-order chi connectivity index (χ0) is 10.0. The SMILES string of the molecule is C.C=O.C=O.C=O.C=O.C=O.[Fe]. The van der Waals surface area contributed by atoms with Crippen molar-refractivity contribution in [3.63, 3.8) is 0 Å². The van der Waals surface area contributed by atoms with Gasteiger partial charge >= 0.3 is 0 Å². The Labute approximate surface area is 83.0 Å². The molecular formula is C6H14FeO5. The number of hydrogen-bond acceptors (Lipinski definition) is 5. The molecule has 0 aromatic heterocycles. The van der Waals surface area contributed by atoms with Gasteiger partial charge in [-0.15, -0.1) is 0 Å². The molecule has 5 nitrogen and oxygen atoms in total. The van der Waals surface area contributed by atoms with Crippen molar-refractivity contribution in [2.45, 2.75) is 7.43 Å². The van der Waals surface area contributed by atoms with E-state index in [1.807, 2.05) is 33.9 Å². The van der Waals surface area contributed by atoms with Crippen LogP contribution in [0.15, 0.2) is 0 Å². The second-order valence-electron chi connectivity index (χ2n) is 0. The summed E-state index contributed by atoms with van der Waals surface area (Å²) >= 11 is 0. The van der Waals surface area contributed by atoms with E-state index in [9.17, 15) is 0 Å². The Balaban J connectivity index is -0.00000000500. The van der Waals surface area contributed by atoms with Crippen LogP contribution in [-0.4, -0.2) is 33.9 Å². The van der Waals surface area contributed by atoms with Crippen LogP contribution in [-0.2, 0) is 41.0 Å². The van der Waals surface area contributed by atoms with Gasteiger partial charge in [0.2, 0.25) is 0 Å². The first kappa shape index (κ1) is 70.7. The Morgan fingerprint density at radius 2 is 0.417 bits per heavy atom. The Morgan fingerprint density at radius 3 is 0.417 bits per heavy atom. The van der Waals surface area contributed by atoms with Gasteiger partial charge in [0.15, 0.2) is 0 Å². The largest absolute Gasteiger partial charge is 0.307 e. The molecule has 0 aromatic carbocycles. The molecule has 76 valence electrons. The van der Waals surface area contributed by atoms with Gasteiger partial charge in [0.25, 0.3) is 0 Å². The summed E-state index contributed by atoms with van der Waals surface area (Å²) in [6, 6.07) is 0. The number of hydrogen-bond donors (Lipinski definition) is 0. The van der Waals surface area contributed by atoms with Crippen molar-refractivity contribution in [3.05, 3.63) is 0 Å². The molecule has 0 spiro atoms. The van der Waals surface area contributed by atoms with Gasteiger partial charge in [-0.25, -0.2) is 0 Å². The van der Waals surface area contributed by atoms with Crippen LogP contribution < -0.4 is 0 Å². The molecule has 0 unspecified atom stereocenters. The molecule has 0 aliphatic carbocycles. The molecule has 0 heterocycles. The molecular weight excluding hydrogens is 208 g/mol. The van der Waals surface area contributed by atoms with Crippen LogP contribution in [0.3, 0.4) is 0 Å². The van der Waals surface area contributed by atoms with Crippen molar-refractivity contribution in [1.29, 1.82) is 0 Å². The van der Waals surface area contributed by atoms with Crippen LogP contribution in [0.25, 0.3) is 0 Å². The fourth-order valence-electron chi connectivity index (χ4n) is 0. The molecule has 0 aliphatic rings. The van der Waals surface area contributed by atoms with E-state index in [-0.39, 0.29) is 24.5 Å². The van der Waals surface area contributed by atoms with Gasteiger partial charge in [-0.3, -0.25) is 0 Å². The smallest absolute Gasteiger partial charge is 0.106 e. The average molecular weight is 222 g/mol. The fraction of sp³-hybridized carbons (Fsp3) is 0.167. The summed E-state index contributed by atoms with van der Waals surface area (Å²) in [4.78, 5) is 40.0. The monoisotopic (exact) mass is 222 g/mol. The summed E-state index contributed by atoms with van der Waals surface area (Å²) in [5.41, 5.74) is 0. The molecule has 0 rings (SSSR count). The van der Waals surface area contributed by atoms with Gasteiger partial charge in [0.1, 0.15) is 33.9 Å². The summed E-state index contributed by atoms with van der Waals surface area (Å²) < 4.78 is 0. The van der Waals surface area contributed by atoms with Crippen LogP contribution >= 0.6 is 0 Å². The Morgan fingerprint density at radius 1 is 0.417 bits per heavy atom. The van der Waals surface area contributed by atoms with Gasteiger partial charge in [0, 0.05) is 17.1 Å². The van der Waals surface area contributed by atoms with Gasteiger partial charge in [-0.2, -0.15) is 0 Å². The van der Waals surface area contributed by atoms with Gasteiger partial charge in [-0.1, -0.05) is 7.43 Å². The van der Waals surface area contributed by atoms with Crippen molar-refractivity contribution in [1.82, 2.24) is 0 Å². The first-order valence-electron chi connectivity index (χ1n) is 1.44. The van der Waals surface area contributed by atoms with E-state index in [1.165, 1.54) is 0 Å². The van der Waals surface area contributed by atoms with Crippen LogP contribution in [0, 0.1) is 0 Å². The third-order valence-electron chi connectivity index (χ3n) is 0. The minimum Gasteiger partial charge on any atom is -0.307 e. The summed E-state index contributed by atoms with van der Waals surface area (Å²) in [6.45, 7) is 10.0. The summed E-state index contributed by atoms with van der Waals surface area (Å²) in [5.74, 6) is 0. The fourth-order valence-corrected chi connectivity index (χ4v) is 0. The van der Waals surface area contributed by atoms with Gasteiger partial charge in [-0.05, 0) is 0 Å². The molecule has 0 N–H and O–H groups in total. The molecule has 0 radical (unpaired) electrons. The van der Waals surface area contributed by atoms with Crippen LogP contribution in [0.2, 0.25) is 0 Å². The minimum absolute atomic E-state index is 0. The predicted molar refractivity (Wildman–Crippen MR) is 42.3 cm³/mol. The van der Waals surface area contributed by atoms with E-state index in [0.29, 0.717) is 0 Å². The standard InChI is InChI=1S/5CH2O.CH4.Fe/c5*1-2;;/h5*1H2;1H4;. The van der Waals surface area contributed by atoms with Crippen LogP contribution in [0.4, 0.5) is 0 Å². The second kappa shape index (κ2) is 607. The van der Waals surface area contributed by atoms with Crippen LogP contribution in [0.1, 0.15) is 7.43 Å². The molecule has 6 heteroatoms. The molecule has 0 amide bonds. The van der Waals surface area contributed by atoms with Crippen molar-refractivity contribution in [2.75, 3.05) is 0 Å². The molecule has 0 aromatic rings. The van der Waals surface area contributed by atoms with Gasteiger partial charge in [0.05, 0.1) is 0 Å². The van der Waals surface area contributed by atoms with Gasteiger partial charge < -0.3 is 24.0 Å². The Kier molecular flexibility index (Phi) is 3580. The maximum atomic E-state index is 8.00. The van der Waals surface area contributed by atoms with Crippen molar-refractivity contribution >= 4 is 33.9 Å². The normalized spacial score (nSPS) is 1.67. The van der Waals surface area contributed by atoms with Crippen molar-refractivity contribution in [2.24, 2.45) is 0 Å². The van der Waals surface area contributed by atoms with E-state index in [4.69, 9.17) is 24.0 Å². The minimum atomic E-state index is 0. The molecule has 0 bridgehead atoms. The molecule has 0 saturated carbocycles. The van der Waals surface area contributed by atoms with E-state index in [0.717, 1.165) is 0 Å². The topological polar surface area (TPSA) is 85.3 Å². The molecule has 0 atom stereocenters. The number of rotatable bonds is 0. The predicted octanol–water partition coefficient (Wildman–Crippen LogP) is -0.291. The first-order chi connectivity index (χ1) is 5.00. The summed E-state index contributed by atoms with van der Waals surface area (Å²) in [6.07, 6.45) is 0. The zero-order valence-corrected chi connectivity index (χ0v) is 7.03. The van der Waals surface area contributed by atoms with E-state index < -0.39 is 0 Å². The van der Waals surface area contributed by atoms with E-state index in [2.05, 4.69) is 0 Å². The Bertz CT molecular complexity index is 27.5. The Hall–Kier alpha value is -1.13. The quantitative estimate of drug-likeness (QED) is 0.525. The van der Waals surface area contributed by atoms with E-state index >= 15 is 0 Å².